The smallest absolute Gasteiger partial charge is 0.188 e. The van der Waals surface area contributed by atoms with Crippen LogP contribution in [0.2, 0.25) is 0 Å². The molecule has 1 fully saturated rings. The van der Waals surface area contributed by atoms with Gasteiger partial charge in [0.1, 0.15) is 0 Å². The van der Waals surface area contributed by atoms with Gasteiger partial charge in [-0.3, -0.25) is 9.89 Å². The molecule has 3 N–H and O–H groups in total. The molecule has 0 aliphatic carbocycles. The molecule has 0 saturated carbocycles. The molecule has 1 unspecified atom stereocenters. The van der Waals surface area contributed by atoms with Crippen LogP contribution in [0.1, 0.15) is 33.1 Å². The molecule has 0 aromatic carbocycles. The van der Waals surface area contributed by atoms with Gasteiger partial charge < -0.3 is 15.8 Å². The van der Waals surface area contributed by atoms with E-state index in [9.17, 15) is 0 Å². The maximum atomic E-state index is 5.88. The molecular formula is C14H31IN4O. The van der Waals surface area contributed by atoms with E-state index in [4.69, 9.17) is 10.5 Å². The van der Waals surface area contributed by atoms with E-state index in [0.717, 1.165) is 39.2 Å². The number of hydrogen-bond acceptors (Lipinski definition) is 3. The zero-order valence-corrected chi connectivity index (χ0v) is 15.4. The van der Waals surface area contributed by atoms with Gasteiger partial charge in [0.2, 0.25) is 0 Å². The Labute approximate surface area is 140 Å². The second-order valence-corrected chi connectivity index (χ2v) is 5.66. The molecule has 1 aliphatic heterocycles. The summed E-state index contributed by atoms with van der Waals surface area (Å²) in [5.41, 5.74) is 5.88. The van der Waals surface area contributed by atoms with Crippen molar-refractivity contribution in [2.75, 3.05) is 39.9 Å². The normalized spacial score (nSPS) is 20.2. The summed E-state index contributed by atoms with van der Waals surface area (Å²) in [4.78, 5) is 6.91. The molecule has 0 radical (unpaired) electrons. The van der Waals surface area contributed by atoms with Gasteiger partial charge in [0.05, 0.1) is 13.2 Å². The van der Waals surface area contributed by atoms with Crippen molar-refractivity contribution in [3.63, 3.8) is 0 Å². The average molecular weight is 398 g/mol. The molecule has 0 aromatic rings. The number of nitrogens with two attached hydrogens (primary N) is 1. The minimum Gasteiger partial charge on any atom is -0.383 e. The van der Waals surface area contributed by atoms with Crippen LogP contribution in [0, 0.1) is 5.92 Å². The molecule has 1 heterocycles. The molecule has 6 heteroatoms. The summed E-state index contributed by atoms with van der Waals surface area (Å²) in [5, 5.41) is 3.18. The molecule has 1 aliphatic rings. The Hall–Kier alpha value is -0.0800. The van der Waals surface area contributed by atoms with Crippen molar-refractivity contribution >= 4 is 29.9 Å². The highest BCUT2D eigenvalue weighted by Crippen LogP contribution is 2.16. The third-order valence-electron chi connectivity index (χ3n) is 3.58. The standard InChI is InChI=1S/C14H30N4O.HI/c1-12(2)6-7-16-14(15)17-11-13-5-4-8-18(13)9-10-19-3;/h12-13H,4-11H2,1-3H3,(H3,15,16,17);1H. The Morgan fingerprint density at radius 3 is 2.90 bits per heavy atom. The maximum Gasteiger partial charge on any atom is 0.188 e. The Bertz CT molecular complexity index is 274. The van der Waals surface area contributed by atoms with E-state index in [-0.39, 0.29) is 24.0 Å². The van der Waals surface area contributed by atoms with Gasteiger partial charge in [-0.15, -0.1) is 24.0 Å². The summed E-state index contributed by atoms with van der Waals surface area (Å²) in [6.07, 6.45) is 3.59. The summed E-state index contributed by atoms with van der Waals surface area (Å²) in [6, 6.07) is 0.528. The van der Waals surface area contributed by atoms with Crippen LogP contribution in [0.4, 0.5) is 0 Å². The molecule has 0 bridgehead atoms. The topological polar surface area (TPSA) is 62.9 Å². The Morgan fingerprint density at radius 1 is 1.50 bits per heavy atom. The highest BCUT2D eigenvalue weighted by Gasteiger charge is 2.23. The number of aliphatic imine (C=N–C) groups is 1. The first-order valence-electron chi connectivity index (χ1n) is 7.40. The average Bonchev–Trinajstić information content (AvgIpc) is 2.80. The fourth-order valence-electron chi connectivity index (χ4n) is 2.35. The number of halogens is 1. The molecule has 0 amide bonds. The highest BCUT2D eigenvalue weighted by atomic mass is 127. The molecule has 20 heavy (non-hydrogen) atoms. The van der Waals surface area contributed by atoms with Gasteiger partial charge in [0.15, 0.2) is 5.96 Å². The molecule has 0 spiro atoms. The SMILES string of the molecule is COCCN1CCCC1CN=C(N)NCCC(C)C.I. The van der Waals surface area contributed by atoms with E-state index in [1.165, 1.54) is 12.8 Å². The van der Waals surface area contributed by atoms with E-state index >= 15 is 0 Å². The number of guanidine groups is 1. The molecule has 1 rings (SSSR count). The lowest BCUT2D eigenvalue weighted by molar-refractivity contribution is 0.143. The van der Waals surface area contributed by atoms with Crippen molar-refractivity contribution in [3.05, 3.63) is 0 Å². The number of nitrogens with one attached hydrogen (secondary N) is 1. The van der Waals surface area contributed by atoms with Gasteiger partial charge in [-0.05, 0) is 31.7 Å². The third kappa shape index (κ3) is 8.26. The van der Waals surface area contributed by atoms with E-state index in [1.54, 1.807) is 7.11 Å². The van der Waals surface area contributed by atoms with E-state index in [1.807, 2.05) is 0 Å². The van der Waals surface area contributed by atoms with Gasteiger partial charge in [0, 0.05) is 26.2 Å². The lowest BCUT2D eigenvalue weighted by Gasteiger charge is -2.22. The monoisotopic (exact) mass is 398 g/mol. The molecule has 1 saturated heterocycles. The zero-order valence-electron chi connectivity index (χ0n) is 13.1. The first-order chi connectivity index (χ1) is 9.13. The van der Waals surface area contributed by atoms with Crippen molar-refractivity contribution < 1.29 is 4.74 Å². The van der Waals surface area contributed by atoms with E-state index in [0.29, 0.717) is 17.9 Å². The first kappa shape index (κ1) is 19.9. The minimum absolute atomic E-state index is 0. The largest absolute Gasteiger partial charge is 0.383 e. The lowest BCUT2D eigenvalue weighted by atomic mass is 10.1. The van der Waals surface area contributed by atoms with Crippen LogP contribution in [0.3, 0.4) is 0 Å². The Morgan fingerprint density at radius 2 is 2.25 bits per heavy atom. The summed E-state index contributed by atoms with van der Waals surface area (Å²) < 4.78 is 5.14. The fraction of sp³-hybridized carbons (Fsp3) is 0.929. The van der Waals surface area contributed by atoms with Crippen LogP contribution in [-0.2, 0) is 4.74 Å². The van der Waals surface area contributed by atoms with Crippen molar-refractivity contribution in [2.45, 2.75) is 39.2 Å². The number of nitrogens with zero attached hydrogens (tertiary/aromatic N) is 2. The van der Waals surface area contributed by atoms with Gasteiger partial charge >= 0.3 is 0 Å². The number of likely N-dealkylation sites (tertiary alicyclic amines) is 1. The van der Waals surface area contributed by atoms with Crippen LogP contribution >= 0.6 is 24.0 Å². The summed E-state index contributed by atoms with van der Waals surface area (Å²) >= 11 is 0. The Balaban J connectivity index is 0.00000361. The predicted molar refractivity (Wildman–Crippen MR) is 95.8 cm³/mol. The van der Waals surface area contributed by atoms with Crippen molar-refractivity contribution in [3.8, 4) is 0 Å². The Kier molecular flexibility index (Phi) is 11.5. The van der Waals surface area contributed by atoms with Crippen molar-refractivity contribution in [1.82, 2.24) is 10.2 Å². The predicted octanol–water partition coefficient (Wildman–Crippen LogP) is 1.67. The van der Waals surface area contributed by atoms with Crippen molar-refractivity contribution in [2.24, 2.45) is 16.6 Å². The van der Waals surface area contributed by atoms with Gasteiger partial charge in [-0.2, -0.15) is 0 Å². The molecular weight excluding hydrogens is 367 g/mol. The quantitative estimate of drug-likeness (QED) is 0.371. The number of hydrogen-bond donors (Lipinski definition) is 2. The van der Waals surface area contributed by atoms with Crippen LogP contribution < -0.4 is 11.1 Å². The van der Waals surface area contributed by atoms with Crippen LogP contribution in [0.5, 0.6) is 0 Å². The molecule has 5 nitrogen and oxygen atoms in total. The number of methoxy groups -OCH3 is 1. The van der Waals surface area contributed by atoms with Crippen molar-refractivity contribution in [1.29, 1.82) is 0 Å². The number of rotatable bonds is 8. The lowest BCUT2D eigenvalue weighted by Crippen LogP contribution is -2.37. The molecule has 1 atom stereocenters. The highest BCUT2D eigenvalue weighted by molar-refractivity contribution is 14.0. The summed E-state index contributed by atoms with van der Waals surface area (Å²) in [6.45, 7) is 9.07. The van der Waals surface area contributed by atoms with Gasteiger partial charge in [-0.25, -0.2) is 0 Å². The summed E-state index contributed by atoms with van der Waals surface area (Å²) in [7, 11) is 1.75. The van der Waals surface area contributed by atoms with Gasteiger partial charge in [-0.1, -0.05) is 13.8 Å². The molecule has 0 aromatic heterocycles. The second kappa shape index (κ2) is 11.6. The first-order valence-corrected chi connectivity index (χ1v) is 7.40. The van der Waals surface area contributed by atoms with Gasteiger partial charge in [0.25, 0.3) is 0 Å². The third-order valence-corrected chi connectivity index (χ3v) is 3.58. The maximum absolute atomic E-state index is 5.88. The van der Waals surface area contributed by atoms with Crippen LogP contribution in [0.15, 0.2) is 4.99 Å². The zero-order chi connectivity index (χ0) is 14.1. The van der Waals surface area contributed by atoms with E-state index in [2.05, 4.69) is 29.1 Å². The fourth-order valence-corrected chi connectivity index (χ4v) is 2.35. The van der Waals surface area contributed by atoms with Crippen LogP contribution in [-0.4, -0.2) is 56.8 Å². The van der Waals surface area contributed by atoms with Crippen LogP contribution in [0.25, 0.3) is 0 Å². The number of ether oxygens (including phenoxy) is 1. The molecule has 120 valence electrons. The van der Waals surface area contributed by atoms with E-state index < -0.39 is 0 Å². The summed E-state index contributed by atoms with van der Waals surface area (Å²) in [5.74, 6) is 1.28. The second-order valence-electron chi connectivity index (χ2n) is 5.66. The minimum atomic E-state index is 0.